The molecule has 2 aromatic rings. The first-order valence-corrected chi connectivity index (χ1v) is 13.2. The van der Waals surface area contributed by atoms with E-state index in [1.807, 2.05) is 19.2 Å². The number of piperidine rings is 1. The van der Waals surface area contributed by atoms with Crippen molar-refractivity contribution in [3.8, 4) is 0 Å². The van der Waals surface area contributed by atoms with Crippen molar-refractivity contribution in [2.75, 3.05) is 51.4 Å². The number of likely N-dealkylation sites (N-methyl/N-ethyl adjacent to an activating group) is 1. The van der Waals surface area contributed by atoms with Crippen LogP contribution in [0.4, 0.5) is 5.95 Å². The SMILES string of the molecule is Cc1cc2cnc(NC3CCN(S(C)(=O)=O)CC3)nc2c(C2CC3(C2)CN(C)CCO3)n1. The average Bonchev–Trinajstić information content (AvgIpc) is 2.71. The van der Waals surface area contributed by atoms with Gasteiger partial charge in [0.15, 0.2) is 0 Å². The molecule has 2 saturated heterocycles. The first-order chi connectivity index (χ1) is 15.2. The Morgan fingerprint density at radius 1 is 1.19 bits per heavy atom. The van der Waals surface area contributed by atoms with Crippen molar-refractivity contribution in [3.05, 3.63) is 23.7 Å². The molecule has 9 nitrogen and oxygen atoms in total. The molecule has 0 aromatic carbocycles. The number of aryl methyl sites for hydroxylation is 1. The highest BCUT2D eigenvalue weighted by Crippen LogP contribution is 2.49. The van der Waals surface area contributed by atoms with Gasteiger partial charge < -0.3 is 15.0 Å². The number of sulfonamides is 1. The van der Waals surface area contributed by atoms with Crippen LogP contribution in [0.2, 0.25) is 0 Å². The van der Waals surface area contributed by atoms with E-state index in [0.717, 1.165) is 67.7 Å². The van der Waals surface area contributed by atoms with Crippen molar-refractivity contribution in [1.29, 1.82) is 0 Å². The molecule has 2 aromatic heterocycles. The Balaban J connectivity index is 1.33. The van der Waals surface area contributed by atoms with E-state index >= 15 is 0 Å². The number of rotatable bonds is 4. The second-order valence-corrected chi connectivity index (χ2v) is 11.7. The van der Waals surface area contributed by atoms with Gasteiger partial charge in [-0.15, -0.1) is 0 Å². The Morgan fingerprint density at radius 2 is 1.94 bits per heavy atom. The van der Waals surface area contributed by atoms with Crippen molar-refractivity contribution >= 4 is 26.9 Å². The van der Waals surface area contributed by atoms with E-state index in [2.05, 4.69) is 22.2 Å². The molecule has 10 heteroatoms. The van der Waals surface area contributed by atoms with Crippen molar-refractivity contribution in [3.63, 3.8) is 0 Å². The minimum atomic E-state index is -3.13. The molecule has 2 aliphatic heterocycles. The third kappa shape index (κ3) is 4.33. The van der Waals surface area contributed by atoms with Crippen LogP contribution in [0.3, 0.4) is 0 Å². The van der Waals surface area contributed by atoms with Gasteiger partial charge in [0, 0.05) is 55.4 Å². The normalized spacial score (nSPS) is 28.2. The summed E-state index contributed by atoms with van der Waals surface area (Å²) in [5, 5.41) is 4.43. The Hall–Kier alpha value is -1.88. The topological polar surface area (TPSA) is 101 Å². The lowest BCUT2D eigenvalue weighted by molar-refractivity contribution is -0.155. The van der Waals surface area contributed by atoms with Crippen LogP contribution >= 0.6 is 0 Å². The van der Waals surface area contributed by atoms with Crippen molar-refractivity contribution in [1.82, 2.24) is 24.2 Å². The quantitative estimate of drug-likeness (QED) is 0.737. The number of nitrogens with one attached hydrogen (secondary N) is 1. The number of hydrogen-bond donors (Lipinski definition) is 1. The first kappa shape index (κ1) is 21.9. The van der Waals surface area contributed by atoms with Gasteiger partial charge in [-0.25, -0.2) is 22.7 Å². The molecule has 4 heterocycles. The predicted molar refractivity (Wildman–Crippen MR) is 123 cm³/mol. The van der Waals surface area contributed by atoms with Crippen LogP contribution < -0.4 is 5.32 Å². The zero-order valence-corrected chi connectivity index (χ0v) is 19.9. The minimum Gasteiger partial charge on any atom is -0.372 e. The number of ether oxygens (including phenoxy) is 1. The largest absolute Gasteiger partial charge is 0.372 e. The van der Waals surface area contributed by atoms with Crippen LogP contribution in [0.1, 0.15) is 43.0 Å². The van der Waals surface area contributed by atoms with E-state index in [0.29, 0.717) is 25.0 Å². The summed E-state index contributed by atoms with van der Waals surface area (Å²) in [6.07, 6.45) is 6.56. The van der Waals surface area contributed by atoms with Crippen LogP contribution in [0.25, 0.3) is 10.9 Å². The number of aromatic nitrogens is 3. The van der Waals surface area contributed by atoms with E-state index in [9.17, 15) is 8.42 Å². The summed E-state index contributed by atoms with van der Waals surface area (Å²) in [5.74, 6) is 0.926. The van der Waals surface area contributed by atoms with Gasteiger partial charge in [-0.2, -0.15) is 0 Å². The fourth-order valence-corrected chi connectivity index (χ4v) is 6.26. The van der Waals surface area contributed by atoms with E-state index in [1.165, 1.54) is 10.6 Å². The van der Waals surface area contributed by atoms with Gasteiger partial charge >= 0.3 is 0 Å². The molecule has 1 saturated carbocycles. The van der Waals surface area contributed by atoms with Gasteiger partial charge in [0.25, 0.3) is 0 Å². The number of nitrogens with zero attached hydrogens (tertiary/aromatic N) is 5. The summed E-state index contributed by atoms with van der Waals surface area (Å²) in [6, 6.07) is 2.19. The smallest absolute Gasteiger partial charge is 0.223 e. The maximum Gasteiger partial charge on any atom is 0.223 e. The van der Waals surface area contributed by atoms with Gasteiger partial charge in [0.05, 0.1) is 29.7 Å². The molecule has 0 radical (unpaired) electrons. The summed E-state index contributed by atoms with van der Waals surface area (Å²) in [6.45, 7) is 5.82. The van der Waals surface area contributed by atoms with Gasteiger partial charge in [0.1, 0.15) is 0 Å². The van der Waals surface area contributed by atoms with Gasteiger partial charge in [-0.05, 0) is 45.7 Å². The van der Waals surface area contributed by atoms with E-state index in [-0.39, 0.29) is 11.6 Å². The maximum atomic E-state index is 11.8. The average molecular weight is 461 g/mol. The van der Waals surface area contributed by atoms with Crippen LogP contribution in [0.5, 0.6) is 0 Å². The third-order valence-electron chi connectivity index (χ3n) is 7.04. The maximum absolute atomic E-state index is 11.8. The number of fused-ring (bicyclic) bond motifs is 1. The highest BCUT2D eigenvalue weighted by atomic mass is 32.2. The zero-order valence-electron chi connectivity index (χ0n) is 19.0. The van der Waals surface area contributed by atoms with Crippen molar-refractivity contribution in [2.24, 2.45) is 0 Å². The van der Waals surface area contributed by atoms with Gasteiger partial charge in [-0.3, -0.25) is 4.98 Å². The molecule has 5 rings (SSSR count). The Kier molecular flexibility index (Phi) is 5.59. The van der Waals surface area contributed by atoms with Crippen molar-refractivity contribution in [2.45, 2.75) is 50.2 Å². The standard InChI is InChI=1S/C22H32N6O3S/c1-15-10-16-13-23-21(25-18-4-6-28(7-5-18)32(3,29)30)26-19(16)20(24-15)17-11-22(12-17)14-27(2)8-9-31-22/h10,13,17-18H,4-9,11-12,14H2,1-3H3,(H,23,25,26). The second kappa shape index (κ2) is 8.16. The van der Waals surface area contributed by atoms with E-state index in [4.69, 9.17) is 14.7 Å². The van der Waals surface area contributed by atoms with Crippen LogP contribution in [-0.2, 0) is 14.8 Å². The molecule has 1 N–H and O–H groups in total. The Morgan fingerprint density at radius 3 is 2.62 bits per heavy atom. The molecule has 1 spiro atoms. The molecule has 0 unspecified atom stereocenters. The minimum absolute atomic E-state index is 0.0445. The van der Waals surface area contributed by atoms with Gasteiger partial charge in [-0.1, -0.05) is 0 Å². The first-order valence-electron chi connectivity index (χ1n) is 11.4. The highest BCUT2D eigenvalue weighted by Gasteiger charge is 2.49. The number of pyridine rings is 1. The van der Waals surface area contributed by atoms with Crippen LogP contribution in [-0.4, -0.2) is 90.3 Å². The molecular formula is C22H32N6O3S. The summed E-state index contributed by atoms with van der Waals surface area (Å²) < 4.78 is 31.2. The predicted octanol–water partition coefficient (Wildman–Crippen LogP) is 1.75. The summed E-state index contributed by atoms with van der Waals surface area (Å²) in [7, 11) is -0.973. The van der Waals surface area contributed by atoms with E-state index < -0.39 is 10.0 Å². The third-order valence-corrected chi connectivity index (χ3v) is 8.34. The lowest BCUT2D eigenvalue weighted by atomic mass is 9.68. The van der Waals surface area contributed by atoms with E-state index in [1.54, 1.807) is 0 Å². The lowest BCUT2D eigenvalue weighted by Crippen LogP contribution is -2.57. The molecule has 3 aliphatic rings. The van der Waals surface area contributed by atoms with Crippen molar-refractivity contribution < 1.29 is 13.2 Å². The highest BCUT2D eigenvalue weighted by molar-refractivity contribution is 7.88. The van der Waals surface area contributed by atoms with Crippen LogP contribution in [0.15, 0.2) is 12.3 Å². The number of hydrogen-bond acceptors (Lipinski definition) is 8. The molecule has 3 fully saturated rings. The fourth-order valence-electron chi connectivity index (χ4n) is 5.38. The summed E-state index contributed by atoms with van der Waals surface area (Å²) >= 11 is 0. The second-order valence-electron chi connectivity index (χ2n) is 9.74. The number of anilines is 1. The number of morpholine rings is 1. The van der Waals surface area contributed by atoms with Crippen LogP contribution in [0, 0.1) is 6.92 Å². The molecule has 0 bridgehead atoms. The Bertz CT molecular complexity index is 1110. The molecule has 0 atom stereocenters. The molecule has 174 valence electrons. The summed E-state index contributed by atoms with van der Waals surface area (Å²) in [5.41, 5.74) is 2.88. The lowest BCUT2D eigenvalue weighted by Gasteiger charge is -2.51. The molecular weight excluding hydrogens is 428 g/mol. The molecule has 32 heavy (non-hydrogen) atoms. The molecule has 0 amide bonds. The fraction of sp³-hybridized carbons (Fsp3) is 0.682. The Labute approximate surface area is 189 Å². The zero-order chi connectivity index (χ0) is 22.5. The summed E-state index contributed by atoms with van der Waals surface area (Å²) in [4.78, 5) is 16.6. The molecule has 1 aliphatic carbocycles. The monoisotopic (exact) mass is 460 g/mol. The van der Waals surface area contributed by atoms with Gasteiger partial charge in [0.2, 0.25) is 16.0 Å².